The Morgan fingerprint density at radius 2 is 1.74 bits per heavy atom. The predicted molar refractivity (Wildman–Crippen MR) is 103 cm³/mol. The maximum absolute atomic E-state index is 12.2. The van der Waals surface area contributed by atoms with E-state index in [-0.39, 0.29) is 6.61 Å². The Morgan fingerprint density at radius 1 is 1.07 bits per heavy atom. The van der Waals surface area contributed by atoms with Crippen molar-refractivity contribution in [2.45, 2.75) is 26.9 Å². The first-order valence-electron chi connectivity index (χ1n) is 8.52. The fraction of sp³-hybridized carbons (Fsp3) is 0.300. The summed E-state index contributed by atoms with van der Waals surface area (Å²) in [7, 11) is 0. The molecule has 0 aromatic heterocycles. The van der Waals surface area contributed by atoms with Crippen molar-refractivity contribution >= 4 is 29.2 Å². The molecule has 0 unspecified atom stereocenters. The van der Waals surface area contributed by atoms with E-state index in [1.54, 1.807) is 49.4 Å². The highest BCUT2D eigenvalue weighted by Gasteiger charge is 2.19. The first-order chi connectivity index (χ1) is 12.9. The van der Waals surface area contributed by atoms with Crippen LogP contribution in [0.4, 0.5) is 5.69 Å². The molecule has 0 spiro atoms. The molecule has 1 atom stereocenters. The van der Waals surface area contributed by atoms with Crippen LogP contribution in [0.25, 0.3) is 0 Å². The Labute approximate surface area is 163 Å². The van der Waals surface area contributed by atoms with Gasteiger partial charge in [0.05, 0.1) is 6.61 Å². The second kappa shape index (κ2) is 9.83. The number of benzene rings is 2. The predicted octanol–water partition coefficient (Wildman–Crippen LogP) is 4.00. The summed E-state index contributed by atoms with van der Waals surface area (Å²) < 4.78 is 16.0. The molecular weight excluding hydrogens is 370 g/mol. The lowest BCUT2D eigenvalue weighted by atomic mass is 10.2. The van der Waals surface area contributed by atoms with E-state index in [0.29, 0.717) is 28.8 Å². The van der Waals surface area contributed by atoms with Gasteiger partial charge in [0.15, 0.2) is 24.2 Å². The monoisotopic (exact) mass is 391 g/mol. The van der Waals surface area contributed by atoms with Crippen LogP contribution < -0.4 is 14.8 Å². The second-order valence-electron chi connectivity index (χ2n) is 5.70. The van der Waals surface area contributed by atoms with Crippen LogP contribution in [-0.4, -0.2) is 31.2 Å². The number of anilines is 1. The Bertz CT molecular complexity index is 809. The fourth-order valence-corrected chi connectivity index (χ4v) is 2.42. The largest absolute Gasteiger partial charge is 0.490 e. The molecule has 2 aromatic rings. The summed E-state index contributed by atoms with van der Waals surface area (Å²) in [5.41, 5.74) is 1.30. The number of rotatable bonds is 8. The second-order valence-corrected chi connectivity index (χ2v) is 6.11. The van der Waals surface area contributed by atoms with Crippen LogP contribution in [0.2, 0.25) is 5.02 Å². The van der Waals surface area contributed by atoms with E-state index in [9.17, 15) is 9.59 Å². The van der Waals surface area contributed by atoms with Crippen molar-refractivity contribution in [3.05, 3.63) is 53.1 Å². The van der Waals surface area contributed by atoms with Crippen molar-refractivity contribution in [2.24, 2.45) is 0 Å². The van der Waals surface area contributed by atoms with Gasteiger partial charge in [-0.2, -0.15) is 0 Å². The number of amides is 1. The normalized spacial score (nSPS) is 11.4. The third-order valence-corrected chi connectivity index (χ3v) is 4.11. The fourth-order valence-electron chi connectivity index (χ4n) is 2.24. The van der Waals surface area contributed by atoms with E-state index in [1.165, 1.54) is 6.92 Å². The molecule has 1 amide bonds. The Kier molecular flexibility index (Phi) is 7.49. The molecule has 0 fully saturated rings. The van der Waals surface area contributed by atoms with Gasteiger partial charge in [0.1, 0.15) is 0 Å². The molecular formula is C20H22ClNO5. The summed E-state index contributed by atoms with van der Waals surface area (Å²) in [5.74, 6) is -0.145. The van der Waals surface area contributed by atoms with Gasteiger partial charge in [-0.3, -0.25) is 4.79 Å². The van der Waals surface area contributed by atoms with Gasteiger partial charge in [-0.25, -0.2) is 4.79 Å². The zero-order valence-electron chi connectivity index (χ0n) is 15.5. The van der Waals surface area contributed by atoms with Crippen LogP contribution in [0.5, 0.6) is 11.5 Å². The summed E-state index contributed by atoms with van der Waals surface area (Å²) in [5, 5.41) is 3.23. The smallest absolute Gasteiger partial charge is 0.344 e. The van der Waals surface area contributed by atoms with Crippen LogP contribution in [0.1, 0.15) is 19.4 Å². The average Bonchev–Trinajstić information content (AvgIpc) is 2.65. The number of carbonyl (C=O) groups excluding carboxylic acids is 2. The molecule has 0 radical (unpaired) electrons. The van der Waals surface area contributed by atoms with E-state index in [0.717, 1.165) is 5.56 Å². The number of hydrogen-bond donors (Lipinski definition) is 1. The van der Waals surface area contributed by atoms with Crippen LogP contribution in [-0.2, 0) is 14.3 Å². The SMILES string of the molecule is CCOc1ccccc1OCC(=O)O[C@@H](C)C(=O)Nc1cccc(Cl)c1C. The lowest BCUT2D eigenvalue weighted by molar-refractivity contribution is -0.155. The average molecular weight is 392 g/mol. The summed E-state index contributed by atoms with van der Waals surface area (Å²) >= 11 is 6.03. The standard InChI is InChI=1S/C20H22ClNO5/c1-4-25-17-10-5-6-11-18(17)26-12-19(23)27-14(3)20(24)22-16-9-7-8-15(21)13(16)2/h5-11,14H,4,12H2,1-3H3,(H,22,24)/t14-/m0/s1. The van der Waals surface area contributed by atoms with Crippen molar-refractivity contribution < 1.29 is 23.8 Å². The van der Waals surface area contributed by atoms with Crippen LogP contribution in [0.15, 0.2) is 42.5 Å². The highest BCUT2D eigenvalue weighted by Crippen LogP contribution is 2.26. The minimum absolute atomic E-state index is 0.335. The van der Waals surface area contributed by atoms with Gasteiger partial charge in [0, 0.05) is 10.7 Å². The molecule has 0 bridgehead atoms. The Morgan fingerprint density at radius 3 is 2.41 bits per heavy atom. The lowest BCUT2D eigenvalue weighted by Crippen LogP contribution is -2.31. The highest BCUT2D eigenvalue weighted by molar-refractivity contribution is 6.31. The van der Waals surface area contributed by atoms with Crippen molar-refractivity contribution in [3.63, 3.8) is 0 Å². The summed E-state index contributed by atoms with van der Waals surface area (Å²) in [4.78, 5) is 24.2. The van der Waals surface area contributed by atoms with Crippen molar-refractivity contribution in [2.75, 3.05) is 18.5 Å². The Hall–Kier alpha value is -2.73. The van der Waals surface area contributed by atoms with Crippen molar-refractivity contribution in [1.82, 2.24) is 0 Å². The zero-order chi connectivity index (χ0) is 19.8. The number of ether oxygens (including phenoxy) is 3. The van der Waals surface area contributed by atoms with Crippen LogP contribution >= 0.6 is 11.6 Å². The van der Waals surface area contributed by atoms with E-state index in [4.69, 9.17) is 25.8 Å². The maximum atomic E-state index is 12.2. The van der Waals surface area contributed by atoms with E-state index < -0.39 is 18.0 Å². The molecule has 0 aliphatic rings. The molecule has 1 N–H and O–H groups in total. The molecule has 6 nitrogen and oxygen atoms in total. The first-order valence-corrected chi connectivity index (χ1v) is 8.90. The van der Waals surface area contributed by atoms with Crippen LogP contribution in [0, 0.1) is 6.92 Å². The molecule has 0 aliphatic carbocycles. The van der Waals surface area contributed by atoms with Gasteiger partial charge in [-0.15, -0.1) is 0 Å². The van der Waals surface area contributed by atoms with Gasteiger partial charge in [-0.1, -0.05) is 29.8 Å². The third-order valence-electron chi connectivity index (χ3n) is 3.70. The van der Waals surface area contributed by atoms with Gasteiger partial charge in [-0.05, 0) is 50.6 Å². The summed E-state index contributed by atoms with van der Waals surface area (Å²) in [6, 6.07) is 12.2. The number of esters is 1. The number of para-hydroxylation sites is 2. The highest BCUT2D eigenvalue weighted by atomic mass is 35.5. The van der Waals surface area contributed by atoms with Crippen molar-refractivity contribution in [3.8, 4) is 11.5 Å². The van der Waals surface area contributed by atoms with Gasteiger partial charge >= 0.3 is 5.97 Å². The van der Waals surface area contributed by atoms with Crippen LogP contribution in [0.3, 0.4) is 0 Å². The summed E-state index contributed by atoms with van der Waals surface area (Å²) in [6.07, 6.45) is -0.985. The number of nitrogens with one attached hydrogen (secondary N) is 1. The minimum Gasteiger partial charge on any atom is -0.490 e. The quantitative estimate of drug-likeness (QED) is 0.688. The van der Waals surface area contributed by atoms with Gasteiger partial charge in [0.2, 0.25) is 0 Å². The minimum atomic E-state index is -0.985. The molecule has 144 valence electrons. The zero-order valence-corrected chi connectivity index (χ0v) is 16.2. The molecule has 0 heterocycles. The first kappa shape index (κ1) is 20.6. The molecule has 0 saturated carbocycles. The van der Waals surface area contributed by atoms with E-state index in [2.05, 4.69) is 5.32 Å². The molecule has 0 aliphatic heterocycles. The maximum Gasteiger partial charge on any atom is 0.344 e. The lowest BCUT2D eigenvalue weighted by Gasteiger charge is -2.16. The van der Waals surface area contributed by atoms with Crippen molar-refractivity contribution in [1.29, 1.82) is 0 Å². The molecule has 0 saturated heterocycles. The summed E-state index contributed by atoms with van der Waals surface area (Å²) in [6.45, 7) is 5.27. The number of halogens is 1. The number of carbonyl (C=O) groups is 2. The number of hydrogen-bond acceptors (Lipinski definition) is 5. The van der Waals surface area contributed by atoms with E-state index in [1.807, 2.05) is 6.92 Å². The molecule has 27 heavy (non-hydrogen) atoms. The molecule has 2 rings (SSSR count). The van der Waals surface area contributed by atoms with Gasteiger partial charge < -0.3 is 19.5 Å². The molecule has 7 heteroatoms. The third kappa shape index (κ3) is 5.89. The molecule has 2 aromatic carbocycles. The van der Waals surface area contributed by atoms with E-state index >= 15 is 0 Å². The Balaban J connectivity index is 1.88. The van der Waals surface area contributed by atoms with Gasteiger partial charge in [0.25, 0.3) is 5.91 Å². The topological polar surface area (TPSA) is 73.9 Å².